The molecule has 1 N–H and O–H groups in total. The zero-order valence-corrected chi connectivity index (χ0v) is 17.4. The molecule has 0 unspecified atom stereocenters. The first-order valence-corrected chi connectivity index (χ1v) is 9.88. The van der Waals surface area contributed by atoms with Gasteiger partial charge >= 0.3 is 6.18 Å². The van der Waals surface area contributed by atoms with Gasteiger partial charge in [-0.15, -0.1) is 0 Å². The van der Waals surface area contributed by atoms with Crippen molar-refractivity contribution in [1.82, 2.24) is 4.90 Å². The number of nitrogens with one attached hydrogen (secondary N) is 1. The van der Waals surface area contributed by atoms with Crippen LogP contribution in [-0.2, 0) is 9.59 Å². The van der Waals surface area contributed by atoms with Gasteiger partial charge in [-0.05, 0) is 31.3 Å². The molecule has 0 aromatic heterocycles. The van der Waals surface area contributed by atoms with Gasteiger partial charge < -0.3 is 10.1 Å². The third kappa shape index (κ3) is 5.68. The molecule has 0 fully saturated rings. The second kappa shape index (κ2) is 9.57. The Morgan fingerprint density at radius 3 is 2.61 bits per heavy atom. The summed E-state index contributed by atoms with van der Waals surface area (Å²) in [6.07, 6.45) is -5.64. The monoisotopic (exact) mass is 455 g/mol. The molecule has 0 saturated carbocycles. The molecule has 0 spiro atoms. The van der Waals surface area contributed by atoms with Crippen LogP contribution in [0, 0.1) is 0 Å². The number of halogens is 4. The van der Waals surface area contributed by atoms with Crippen LogP contribution in [0.1, 0.15) is 6.42 Å². The Labute approximate surface area is 182 Å². The Morgan fingerprint density at radius 2 is 1.90 bits per heavy atom. The number of hydrogen-bond acceptors (Lipinski definition) is 4. The summed E-state index contributed by atoms with van der Waals surface area (Å²) in [5.74, 6) is -1.09. The van der Waals surface area contributed by atoms with Crippen molar-refractivity contribution in [2.75, 3.05) is 37.0 Å². The lowest BCUT2D eigenvalue weighted by atomic mass is 10.1. The van der Waals surface area contributed by atoms with Gasteiger partial charge in [-0.1, -0.05) is 35.9 Å². The second-order valence-corrected chi connectivity index (χ2v) is 7.51. The molecule has 0 radical (unpaired) electrons. The highest BCUT2D eigenvalue weighted by molar-refractivity contribution is 6.32. The quantitative estimate of drug-likeness (QED) is 0.716. The van der Waals surface area contributed by atoms with Gasteiger partial charge in [-0.25, -0.2) is 0 Å². The first-order valence-electron chi connectivity index (χ1n) is 9.50. The number of anilines is 2. The third-order valence-corrected chi connectivity index (χ3v) is 5.06. The summed E-state index contributed by atoms with van der Waals surface area (Å²) in [6, 6.07) is 10.6. The van der Waals surface area contributed by atoms with Gasteiger partial charge in [-0.2, -0.15) is 13.2 Å². The molecule has 166 valence electrons. The number of hydrogen-bond donors (Lipinski definition) is 1. The predicted molar refractivity (Wildman–Crippen MR) is 111 cm³/mol. The maximum absolute atomic E-state index is 13.7. The maximum Gasteiger partial charge on any atom is 0.409 e. The molecular formula is C21H21ClF3N3O3. The molecule has 0 saturated heterocycles. The molecule has 2 amide bonds. The van der Waals surface area contributed by atoms with Crippen LogP contribution in [0.25, 0.3) is 0 Å². The fourth-order valence-electron chi connectivity index (χ4n) is 3.26. The summed E-state index contributed by atoms with van der Waals surface area (Å²) in [6.45, 7) is 0.175. The summed E-state index contributed by atoms with van der Waals surface area (Å²) >= 11 is 6.02. The molecule has 1 atom stereocenters. The van der Waals surface area contributed by atoms with Gasteiger partial charge in [0.1, 0.15) is 18.4 Å². The van der Waals surface area contributed by atoms with Gasteiger partial charge in [0.2, 0.25) is 11.8 Å². The number of nitrogens with zero attached hydrogens (tertiary/aromatic N) is 2. The summed E-state index contributed by atoms with van der Waals surface area (Å²) in [5.41, 5.74) is 0.179. The Kier molecular flexibility index (Phi) is 7.07. The standard InChI is InChI=1S/C21H21ClF3N3O3/c1-27(10-11-31-17-9-5-2-6-14(17)22)13-20(30)28-16-8-4-3-7-15(16)26-19(29)12-18(28)21(23,24)25/h2-9,18H,10-13H2,1H3,(H,26,29)/t18-/m0/s1. The minimum atomic E-state index is -4.77. The van der Waals surface area contributed by atoms with E-state index in [1.54, 1.807) is 42.3 Å². The molecule has 6 nitrogen and oxygen atoms in total. The number of alkyl halides is 3. The van der Waals surface area contributed by atoms with Crippen LogP contribution in [0.3, 0.4) is 0 Å². The van der Waals surface area contributed by atoms with E-state index in [4.69, 9.17) is 16.3 Å². The van der Waals surface area contributed by atoms with Crippen molar-refractivity contribution in [3.8, 4) is 5.75 Å². The van der Waals surface area contributed by atoms with Gasteiger partial charge in [0.25, 0.3) is 0 Å². The number of amides is 2. The summed E-state index contributed by atoms with van der Waals surface area (Å²) in [4.78, 5) is 27.2. The van der Waals surface area contributed by atoms with Crippen molar-refractivity contribution in [3.63, 3.8) is 0 Å². The van der Waals surface area contributed by atoms with E-state index in [9.17, 15) is 22.8 Å². The van der Waals surface area contributed by atoms with Gasteiger partial charge in [0, 0.05) is 6.54 Å². The smallest absolute Gasteiger partial charge is 0.409 e. The normalized spacial score (nSPS) is 16.5. The highest BCUT2D eigenvalue weighted by Gasteiger charge is 2.49. The Hall–Kier alpha value is -2.78. The third-order valence-electron chi connectivity index (χ3n) is 4.75. The van der Waals surface area contributed by atoms with Crippen LogP contribution < -0.4 is 15.0 Å². The number of likely N-dealkylation sites (N-methyl/N-ethyl adjacent to an activating group) is 1. The molecule has 0 aliphatic carbocycles. The summed E-state index contributed by atoms with van der Waals surface area (Å²) < 4.78 is 46.8. The lowest BCUT2D eigenvalue weighted by Crippen LogP contribution is -2.52. The van der Waals surface area contributed by atoms with Crippen molar-refractivity contribution in [2.45, 2.75) is 18.6 Å². The van der Waals surface area contributed by atoms with E-state index in [2.05, 4.69) is 5.32 Å². The fourth-order valence-corrected chi connectivity index (χ4v) is 3.45. The van der Waals surface area contributed by atoms with Crippen LogP contribution in [0.15, 0.2) is 48.5 Å². The van der Waals surface area contributed by atoms with Crippen molar-refractivity contribution < 1.29 is 27.5 Å². The number of fused-ring (bicyclic) bond motifs is 1. The molecule has 2 aromatic carbocycles. The number of rotatable bonds is 6. The minimum absolute atomic E-state index is 0.0152. The van der Waals surface area contributed by atoms with Gasteiger partial charge in [0.15, 0.2) is 0 Å². The zero-order valence-electron chi connectivity index (χ0n) is 16.7. The predicted octanol–water partition coefficient (Wildman–Crippen LogP) is 3.96. The summed E-state index contributed by atoms with van der Waals surface area (Å²) in [7, 11) is 1.60. The zero-order chi connectivity index (χ0) is 22.6. The van der Waals surface area contributed by atoms with E-state index in [0.717, 1.165) is 0 Å². The average Bonchev–Trinajstić information content (AvgIpc) is 2.85. The highest BCUT2D eigenvalue weighted by Crippen LogP contribution is 2.37. The van der Waals surface area contributed by atoms with E-state index in [-0.39, 0.29) is 31.1 Å². The highest BCUT2D eigenvalue weighted by atomic mass is 35.5. The molecule has 1 heterocycles. The van der Waals surface area contributed by atoms with Crippen LogP contribution in [0.5, 0.6) is 5.75 Å². The van der Waals surface area contributed by atoms with E-state index < -0.39 is 30.5 Å². The molecule has 0 bridgehead atoms. The number of carbonyl (C=O) groups is 2. The topological polar surface area (TPSA) is 61.9 Å². The van der Waals surface area contributed by atoms with Gasteiger partial charge in [-0.3, -0.25) is 19.4 Å². The Morgan fingerprint density at radius 1 is 1.23 bits per heavy atom. The van der Waals surface area contributed by atoms with Crippen molar-refractivity contribution in [2.24, 2.45) is 0 Å². The minimum Gasteiger partial charge on any atom is -0.491 e. The number of carbonyl (C=O) groups excluding carboxylic acids is 2. The summed E-state index contributed by atoms with van der Waals surface area (Å²) in [5, 5.41) is 2.88. The molecular weight excluding hydrogens is 435 g/mol. The SMILES string of the molecule is CN(CCOc1ccccc1Cl)CC(=O)N1c2ccccc2NC(=O)C[C@H]1C(F)(F)F. The molecule has 1 aliphatic rings. The number of benzene rings is 2. The average molecular weight is 456 g/mol. The first kappa shape index (κ1) is 22.9. The largest absolute Gasteiger partial charge is 0.491 e. The molecule has 3 rings (SSSR count). The van der Waals surface area contributed by atoms with Crippen molar-refractivity contribution in [3.05, 3.63) is 53.6 Å². The van der Waals surface area contributed by atoms with Crippen LogP contribution in [-0.4, -0.2) is 55.7 Å². The number of para-hydroxylation sites is 3. The lowest BCUT2D eigenvalue weighted by Gasteiger charge is -2.32. The molecule has 10 heteroatoms. The first-order chi connectivity index (χ1) is 14.7. The fraction of sp³-hybridized carbons (Fsp3) is 0.333. The van der Waals surface area contributed by atoms with Crippen molar-refractivity contribution in [1.29, 1.82) is 0 Å². The van der Waals surface area contributed by atoms with Crippen LogP contribution >= 0.6 is 11.6 Å². The molecule has 2 aromatic rings. The van der Waals surface area contributed by atoms with Gasteiger partial charge in [0.05, 0.1) is 29.4 Å². The van der Waals surface area contributed by atoms with E-state index in [0.29, 0.717) is 15.7 Å². The Balaban J connectivity index is 1.72. The maximum atomic E-state index is 13.7. The lowest BCUT2D eigenvalue weighted by molar-refractivity contribution is -0.158. The van der Waals surface area contributed by atoms with E-state index in [1.807, 2.05) is 0 Å². The van der Waals surface area contributed by atoms with E-state index in [1.165, 1.54) is 18.2 Å². The Bertz CT molecular complexity index is 955. The van der Waals surface area contributed by atoms with E-state index >= 15 is 0 Å². The number of ether oxygens (including phenoxy) is 1. The van der Waals surface area contributed by atoms with Crippen LogP contribution in [0.4, 0.5) is 24.5 Å². The molecule has 1 aliphatic heterocycles. The molecule has 31 heavy (non-hydrogen) atoms. The van der Waals surface area contributed by atoms with Crippen LogP contribution in [0.2, 0.25) is 5.02 Å². The second-order valence-electron chi connectivity index (χ2n) is 7.11. The van der Waals surface area contributed by atoms with Crippen molar-refractivity contribution >= 4 is 34.8 Å².